The number of hydrogen-bond acceptors (Lipinski definition) is 4. The molecule has 3 aromatic rings. The number of Topliss-reactive ketones (excluding diaryl/α,β-unsaturated/α-hetero) is 1. The summed E-state index contributed by atoms with van der Waals surface area (Å²) in [7, 11) is 0. The Bertz CT molecular complexity index is 1560. The van der Waals surface area contributed by atoms with E-state index in [2.05, 4.69) is 15.5 Å². The number of nitrogens with one attached hydrogen (secondary N) is 2. The summed E-state index contributed by atoms with van der Waals surface area (Å²) in [6.45, 7) is 2.47. The van der Waals surface area contributed by atoms with Gasteiger partial charge in [-0.2, -0.15) is 0 Å². The lowest BCUT2D eigenvalue weighted by molar-refractivity contribution is -0.137. The Hall–Kier alpha value is -3.19. The molecule has 4 unspecified atom stereocenters. The Morgan fingerprint density at radius 3 is 2.54 bits per heavy atom. The summed E-state index contributed by atoms with van der Waals surface area (Å²) < 4.78 is 0. The molecule has 2 spiro atoms. The molecule has 4 atom stereocenters. The summed E-state index contributed by atoms with van der Waals surface area (Å²) in [6.07, 6.45) is 1.49. The number of anilines is 2. The van der Waals surface area contributed by atoms with Crippen molar-refractivity contribution in [3.63, 3.8) is 0 Å². The van der Waals surface area contributed by atoms with Gasteiger partial charge in [-0.05, 0) is 67.8 Å². The van der Waals surface area contributed by atoms with Crippen molar-refractivity contribution in [2.24, 2.45) is 5.92 Å². The highest BCUT2D eigenvalue weighted by molar-refractivity contribution is 6.34. The maximum absolute atomic E-state index is 14.6. The number of rotatable bonds is 2. The molecule has 0 saturated carbocycles. The lowest BCUT2D eigenvalue weighted by Crippen LogP contribution is -2.62. The molecule has 37 heavy (non-hydrogen) atoms. The fraction of sp³-hybridized carbons (Fsp3) is 0.276. The molecule has 4 aliphatic heterocycles. The van der Waals surface area contributed by atoms with E-state index in [-0.39, 0.29) is 23.6 Å². The molecular weight excluding hydrogens is 509 g/mol. The number of halogens is 2. The average Bonchev–Trinajstić information content (AvgIpc) is 3.58. The molecule has 2 amide bonds. The van der Waals surface area contributed by atoms with E-state index in [0.717, 1.165) is 12.0 Å². The Morgan fingerprint density at radius 1 is 0.973 bits per heavy atom. The van der Waals surface area contributed by atoms with Crippen LogP contribution in [0, 0.1) is 12.8 Å². The van der Waals surface area contributed by atoms with Gasteiger partial charge in [0.15, 0.2) is 5.78 Å². The number of hydrogen-bond donors (Lipinski definition) is 2. The van der Waals surface area contributed by atoms with Crippen LogP contribution in [-0.2, 0) is 20.5 Å². The molecular formula is C29H23Cl2N3O3. The van der Waals surface area contributed by atoms with Gasteiger partial charge >= 0.3 is 0 Å². The normalized spacial score (nSPS) is 29.4. The van der Waals surface area contributed by atoms with Crippen LogP contribution in [0.2, 0.25) is 10.0 Å². The molecule has 8 heteroatoms. The van der Waals surface area contributed by atoms with Gasteiger partial charge in [0.2, 0.25) is 5.91 Å². The van der Waals surface area contributed by atoms with Crippen molar-refractivity contribution in [2.75, 3.05) is 17.2 Å². The zero-order valence-corrected chi connectivity index (χ0v) is 21.5. The van der Waals surface area contributed by atoms with Crippen LogP contribution in [-0.4, -0.2) is 35.1 Å². The van der Waals surface area contributed by atoms with Gasteiger partial charge < -0.3 is 10.6 Å². The summed E-state index contributed by atoms with van der Waals surface area (Å²) in [4.78, 5) is 45.6. The first-order valence-corrected chi connectivity index (χ1v) is 13.2. The molecule has 4 aliphatic rings. The molecule has 2 saturated heterocycles. The van der Waals surface area contributed by atoms with Gasteiger partial charge in [0, 0.05) is 33.6 Å². The van der Waals surface area contributed by atoms with Crippen LogP contribution in [0.15, 0.2) is 60.7 Å². The van der Waals surface area contributed by atoms with E-state index in [1.54, 1.807) is 36.4 Å². The van der Waals surface area contributed by atoms with Crippen LogP contribution < -0.4 is 10.6 Å². The number of nitrogens with zero attached hydrogens (tertiary/aromatic N) is 1. The number of carbonyl (C=O) groups is 3. The summed E-state index contributed by atoms with van der Waals surface area (Å²) in [6, 6.07) is 17.6. The number of fused-ring (bicyclic) bond motifs is 7. The first-order chi connectivity index (χ1) is 17.8. The fourth-order valence-corrected chi connectivity index (χ4v) is 8.14. The smallest absolute Gasteiger partial charge is 0.251 e. The number of para-hydroxylation sites is 1. The highest BCUT2D eigenvalue weighted by Crippen LogP contribution is 2.68. The van der Waals surface area contributed by atoms with E-state index >= 15 is 0 Å². The minimum atomic E-state index is -1.52. The van der Waals surface area contributed by atoms with Crippen molar-refractivity contribution in [3.05, 3.63) is 93.0 Å². The molecule has 4 heterocycles. The summed E-state index contributed by atoms with van der Waals surface area (Å²) in [5.74, 6) is -1.73. The SMILES string of the molecule is Cc1cc(Cl)cc2c1NC(=O)C21N2CCCC2C(C(=O)c2ccccc2Cl)C12C(=O)Nc1ccccc12. The molecule has 0 aliphatic carbocycles. The van der Waals surface area contributed by atoms with E-state index in [0.29, 0.717) is 51.1 Å². The van der Waals surface area contributed by atoms with Crippen LogP contribution in [0.4, 0.5) is 11.4 Å². The second-order valence-electron chi connectivity index (χ2n) is 10.3. The highest BCUT2D eigenvalue weighted by atomic mass is 35.5. The Kier molecular flexibility index (Phi) is 4.76. The maximum atomic E-state index is 14.6. The third-order valence-electron chi connectivity index (χ3n) is 8.79. The zero-order valence-electron chi connectivity index (χ0n) is 20.0. The van der Waals surface area contributed by atoms with Gasteiger partial charge in [0.25, 0.3) is 5.91 Å². The number of ketones is 1. The van der Waals surface area contributed by atoms with E-state index in [1.807, 2.05) is 31.2 Å². The lowest BCUT2D eigenvalue weighted by Gasteiger charge is -2.43. The molecule has 0 bridgehead atoms. The molecule has 6 nitrogen and oxygen atoms in total. The van der Waals surface area contributed by atoms with E-state index in [9.17, 15) is 14.4 Å². The Morgan fingerprint density at radius 2 is 1.73 bits per heavy atom. The molecule has 2 N–H and O–H groups in total. The van der Waals surface area contributed by atoms with E-state index in [1.165, 1.54) is 0 Å². The van der Waals surface area contributed by atoms with Crippen molar-refractivity contribution < 1.29 is 14.4 Å². The topological polar surface area (TPSA) is 78.5 Å². The third-order valence-corrected chi connectivity index (χ3v) is 9.34. The number of aryl methyl sites for hydroxylation is 1. The lowest BCUT2D eigenvalue weighted by atomic mass is 9.57. The molecule has 0 aromatic heterocycles. The van der Waals surface area contributed by atoms with Gasteiger partial charge in [-0.3, -0.25) is 19.3 Å². The van der Waals surface area contributed by atoms with Crippen LogP contribution in [0.5, 0.6) is 0 Å². The van der Waals surface area contributed by atoms with Gasteiger partial charge in [0.05, 0.1) is 10.9 Å². The van der Waals surface area contributed by atoms with Gasteiger partial charge in [-0.25, -0.2) is 0 Å². The predicted molar refractivity (Wildman–Crippen MR) is 142 cm³/mol. The minimum absolute atomic E-state index is 0.230. The molecule has 0 radical (unpaired) electrons. The fourth-order valence-electron chi connectivity index (χ4n) is 7.64. The van der Waals surface area contributed by atoms with Crippen molar-refractivity contribution in [1.82, 2.24) is 4.90 Å². The van der Waals surface area contributed by atoms with Gasteiger partial charge in [0.1, 0.15) is 11.0 Å². The molecule has 7 rings (SSSR count). The molecule has 3 aromatic carbocycles. The second kappa shape index (κ2) is 7.67. The summed E-state index contributed by atoms with van der Waals surface area (Å²) >= 11 is 13.1. The second-order valence-corrected chi connectivity index (χ2v) is 11.2. The van der Waals surface area contributed by atoms with Gasteiger partial charge in [-0.15, -0.1) is 0 Å². The van der Waals surface area contributed by atoms with E-state index in [4.69, 9.17) is 23.2 Å². The number of carbonyl (C=O) groups excluding carboxylic acids is 3. The Balaban J connectivity index is 1.62. The summed E-state index contributed by atoms with van der Waals surface area (Å²) in [5.41, 5.74) is 0.778. The minimum Gasteiger partial charge on any atom is -0.325 e. The third kappa shape index (κ3) is 2.58. The van der Waals surface area contributed by atoms with Gasteiger partial charge in [-0.1, -0.05) is 53.5 Å². The first kappa shape index (κ1) is 23.0. The largest absolute Gasteiger partial charge is 0.325 e. The molecule has 2 fully saturated rings. The quantitative estimate of drug-likeness (QED) is 0.439. The summed E-state index contributed by atoms with van der Waals surface area (Å²) in [5, 5.41) is 6.94. The molecule has 186 valence electrons. The van der Waals surface area contributed by atoms with Crippen LogP contribution >= 0.6 is 23.2 Å². The highest BCUT2D eigenvalue weighted by Gasteiger charge is 2.81. The monoisotopic (exact) mass is 531 g/mol. The maximum Gasteiger partial charge on any atom is 0.251 e. The Labute approximate surface area is 223 Å². The predicted octanol–water partition coefficient (Wildman–Crippen LogP) is 5.32. The average molecular weight is 532 g/mol. The first-order valence-electron chi connectivity index (χ1n) is 12.4. The van der Waals surface area contributed by atoms with Crippen molar-refractivity contribution in [3.8, 4) is 0 Å². The van der Waals surface area contributed by atoms with Crippen LogP contribution in [0.25, 0.3) is 0 Å². The van der Waals surface area contributed by atoms with Crippen molar-refractivity contribution in [2.45, 2.75) is 36.8 Å². The van der Waals surface area contributed by atoms with Crippen LogP contribution in [0.1, 0.15) is 39.9 Å². The van der Waals surface area contributed by atoms with Crippen molar-refractivity contribution in [1.29, 1.82) is 0 Å². The standard InChI is InChI=1S/C29H23Cl2N3O3/c1-15-13-16(30)14-19-24(15)33-27(37)29(19)28(18-8-3-5-10-21(18)32-26(28)36)23(22-11-6-12-34(22)29)25(35)17-7-2-4-9-20(17)31/h2-5,7-10,13-14,22-23H,6,11-12H2,1H3,(H,32,36)(H,33,37). The zero-order chi connectivity index (χ0) is 25.7. The number of amides is 2. The number of benzene rings is 3. The van der Waals surface area contributed by atoms with Crippen molar-refractivity contribution >= 4 is 52.2 Å². The van der Waals surface area contributed by atoms with E-state index < -0.39 is 16.9 Å². The van der Waals surface area contributed by atoms with Crippen LogP contribution in [0.3, 0.4) is 0 Å².